The van der Waals surface area contributed by atoms with Gasteiger partial charge in [0.1, 0.15) is 11.6 Å². The number of hydrogen-bond donors (Lipinski definition) is 2. The molecule has 0 fully saturated rings. The summed E-state index contributed by atoms with van der Waals surface area (Å²) in [6, 6.07) is 14.1. The van der Waals surface area contributed by atoms with Crippen LogP contribution in [0.15, 0.2) is 60.8 Å². The molecule has 0 spiro atoms. The van der Waals surface area contributed by atoms with E-state index in [1.54, 1.807) is 56.8 Å². The zero-order chi connectivity index (χ0) is 21.5. The Kier molecular flexibility index (Phi) is 6.54. The average Bonchev–Trinajstić information content (AvgIpc) is 2.78. The maximum Gasteiger partial charge on any atom is 0.185 e. The molecule has 0 unspecified atom stereocenters. The maximum absolute atomic E-state index is 12.5. The Balaban J connectivity index is 1.81. The van der Waals surface area contributed by atoms with Crippen LogP contribution >= 0.6 is 0 Å². The van der Waals surface area contributed by atoms with Gasteiger partial charge in [0, 0.05) is 29.1 Å². The molecule has 0 aliphatic rings. The molecule has 3 rings (SSSR count). The molecule has 0 saturated heterocycles. The second kappa shape index (κ2) is 9.47. The monoisotopic (exact) mass is 405 g/mol. The van der Waals surface area contributed by atoms with Crippen molar-refractivity contribution in [1.82, 2.24) is 4.98 Å². The summed E-state index contributed by atoms with van der Waals surface area (Å²) in [4.78, 5) is 16.9. The molecule has 7 nitrogen and oxygen atoms in total. The Morgan fingerprint density at radius 2 is 1.70 bits per heavy atom. The molecule has 0 atom stereocenters. The molecule has 0 saturated carbocycles. The number of nitrogens with zero attached hydrogens (tertiary/aromatic N) is 1. The first-order chi connectivity index (χ1) is 14.5. The number of methoxy groups -OCH3 is 3. The molecule has 30 heavy (non-hydrogen) atoms. The first kappa shape index (κ1) is 20.7. The molecule has 1 heterocycles. The van der Waals surface area contributed by atoms with Crippen LogP contribution < -0.4 is 25.3 Å². The van der Waals surface area contributed by atoms with Crippen molar-refractivity contribution in [2.24, 2.45) is 0 Å². The number of nitrogens with two attached hydrogens (primary N) is 1. The largest absolute Gasteiger partial charge is 0.495 e. The van der Waals surface area contributed by atoms with E-state index in [2.05, 4.69) is 10.3 Å². The predicted molar refractivity (Wildman–Crippen MR) is 118 cm³/mol. The lowest BCUT2D eigenvalue weighted by atomic mass is 10.1. The summed E-state index contributed by atoms with van der Waals surface area (Å²) in [6.07, 6.45) is 4.86. The standard InChI is InChI=1S/C23H23N3O4/c1-28-20-10-7-16(13-18(20)24)19(27)9-6-15-5-4-12-25-23(15)26-17-8-11-21(29-2)22(14-17)30-3/h4-14H,24H2,1-3H3,(H,25,26)/b9-6+. The lowest BCUT2D eigenvalue weighted by molar-refractivity contribution is 0.104. The highest BCUT2D eigenvalue weighted by Gasteiger charge is 2.09. The fourth-order valence-corrected chi connectivity index (χ4v) is 2.86. The van der Waals surface area contributed by atoms with E-state index < -0.39 is 0 Å². The minimum absolute atomic E-state index is 0.176. The van der Waals surface area contributed by atoms with Crippen molar-refractivity contribution in [3.05, 3.63) is 71.9 Å². The number of anilines is 3. The van der Waals surface area contributed by atoms with Gasteiger partial charge in [-0.25, -0.2) is 4.98 Å². The number of benzene rings is 2. The van der Waals surface area contributed by atoms with E-state index in [1.165, 1.54) is 13.2 Å². The van der Waals surface area contributed by atoms with Crippen molar-refractivity contribution in [2.75, 3.05) is 32.4 Å². The lowest BCUT2D eigenvalue weighted by Gasteiger charge is -2.12. The zero-order valence-electron chi connectivity index (χ0n) is 17.0. The highest BCUT2D eigenvalue weighted by atomic mass is 16.5. The van der Waals surface area contributed by atoms with E-state index in [0.29, 0.717) is 34.3 Å². The van der Waals surface area contributed by atoms with Gasteiger partial charge in [-0.2, -0.15) is 0 Å². The average molecular weight is 405 g/mol. The Morgan fingerprint density at radius 1 is 0.967 bits per heavy atom. The lowest BCUT2D eigenvalue weighted by Crippen LogP contribution is -1.99. The summed E-state index contributed by atoms with van der Waals surface area (Å²) in [5.74, 6) is 2.19. The summed E-state index contributed by atoms with van der Waals surface area (Å²) < 4.78 is 15.7. The number of carbonyl (C=O) groups is 1. The molecule has 7 heteroatoms. The van der Waals surface area contributed by atoms with Gasteiger partial charge >= 0.3 is 0 Å². The molecule has 0 aliphatic heterocycles. The maximum atomic E-state index is 12.5. The van der Waals surface area contributed by atoms with Gasteiger partial charge < -0.3 is 25.3 Å². The first-order valence-corrected chi connectivity index (χ1v) is 9.15. The van der Waals surface area contributed by atoms with Gasteiger partial charge in [0.05, 0.1) is 27.0 Å². The van der Waals surface area contributed by atoms with Gasteiger partial charge in [-0.15, -0.1) is 0 Å². The molecule has 3 N–H and O–H groups in total. The van der Waals surface area contributed by atoms with Crippen molar-refractivity contribution in [2.45, 2.75) is 0 Å². The topological polar surface area (TPSA) is 95.7 Å². The normalized spacial score (nSPS) is 10.6. The van der Waals surface area contributed by atoms with Crippen LogP contribution in [0.3, 0.4) is 0 Å². The van der Waals surface area contributed by atoms with Crippen LogP contribution in [0.1, 0.15) is 15.9 Å². The fraction of sp³-hybridized carbons (Fsp3) is 0.130. The van der Waals surface area contributed by atoms with Gasteiger partial charge in [0.25, 0.3) is 0 Å². The number of aromatic nitrogens is 1. The second-order valence-corrected chi connectivity index (χ2v) is 6.29. The van der Waals surface area contributed by atoms with E-state index in [-0.39, 0.29) is 5.78 Å². The number of nitrogen functional groups attached to an aromatic ring is 1. The number of ether oxygens (including phenoxy) is 3. The van der Waals surface area contributed by atoms with Gasteiger partial charge in [-0.3, -0.25) is 4.79 Å². The Morgan fingerprint density at radius 3 is 2.40 bits per heavy atom. The third kappa shape index (κ3) is 4.70. The van der Waals surface area contributed by atoms with Crippen molar-refractivity contribution in [3.63, 3.8) is 0 Å². The first-order valence-electron chi connectivity index (χ1n) is 9.15. The minimum atomic E-state index is -0.176. The van der Waals surface area contributed by atoms with Crippen LogP contribution in [0.25, 0.3) is 6.08 Å². The molecule has 2 aromatic carbocycles. The van der Waals surface area contributed by atoms with Crippen molar-refractivity contribution >= 4 is 29.1 Å². The molecular formula is C23H23N3O4. The molecule has 0 bridgehead atoms. The quantitative estimate of drug-likeness (QED) is 0.327. The zero-order valence-corrected chi connectivity index (χ0v) is 17.0. The minimum Gasteiger partial charge on any atom is -0.495 e. The predicted octanol–water partition coefficient (Wildman–Crippen LogP) is 4.33. The molecule has 0 amide bonds. The SMILES string of the molecule is COc1ccc(C(=O)/C=C/c2cccnc2Nc2ccc(OC)c(OC)c2)cc1N. The highest BCUT2D eigenvalue weighted by molar-refractivity contribution is 6.07. The number of pyridine rings is 1. The summed E-state index contributed by atoms with van der Waals surface area (Å²) in [5, 5.41) is 3.24. The summed E-state index contributed by atoms with van der Waals surface area (Å²) >= 11 is 0. The number of allylic oxidation sites excluding steroid dienone is 1. The number of carbonyl (C=O) groups excluding carboxylic acids is 1. The third-order valence-corrected chi connectivity index (χ3v) is 4.41. The molecule has 0 radical (unpaired) electrons. The number of nitrogens with one attached hydrogen (secondary N) is 1. The molecular weight excluding hydrogens is 382 g/mol. The van der Waals surface area contributed by atoms with Gasteiger partial charge in [-0.05, 0) is 54.6 Å². The van der Waals surface area contributed by atoms with E-state index in [9.17, 15) is 4.79 Å². The van der Waals surface area contributed by atoms with Gasteiger partial charge in [0.15, 0.2) is 17.3 Å². The second-order valence-electron chi connectivity index (χ2n) is 6.29. The van der Waals surface area contributed by atoms with E-state index in [1.807, 2.05) is 18.2 Å². The van der Waals surface area contributed by atoms with Crippen LogP contribution in [0, 0.1) is 0 Å². The van der Waals surface area contributed by atoms with Crippen molar-refractivity contribution in [1.29, 1.82) is 0 Å². The molecule has 154 valence electrons. The van der Waals surface area contributed by atoms with Crippen molar-refractivity contribution < 1.29 is 19.0 Å². The van der Waals surface area contributed by atoms with Crippen LogP contribution in [-0.4, -0.2) is 32.1 Å². The van der Waals surface area contributed by atoms with Crippen LogP contribution in [0.2, 0.25) is 0 Å². The molecule has 0 aliphatic carbocycles. The Hall–Kier alpha value is -4.00. The fourth-order valence-electron chi connectivity index (χ4n) is 2.86. The van der Waals surface area contributed by atoms with E-state index in [4.69, 9.17) is 19.9 Å². The Bertz CT molecular complexity index is 1080. The number of hydrogen-bond acceptors (Lipinski definition) is 7. The molecule has 1 aromatic heterocycles. The summed E-state index contributed by atoms with van der Waals surface area (Å²) in [6.45, 7) is 0. The van der Waals surface area contributed by atoms with Crippen LogP contribution in [0.4, 0.5) is 17.2 Å². The third-order valence-electron chi connectivity index (χ3n) is 4.41. The molecule has 3 aromatic rings. The summed E-state index contributed by atoms with van der Waals surface area (Å²) in [5.41, 5.74) is 8.30. The number of ketones is 1. The smallest absolute Gasteiger partial charge is 0.185 e. The van der Waals surface area contributed by atoms with Gasteiger partial charge in [0.2, 0.25) is 0 Å². The van der Waals surface area contributed by atoms with Crippen LogP contribution in [0.5, 0.6) is 17.2 Å². The van der Waals surface area contributed by atoms with Gasteiger partial charge in [-0.1, -0.05) is 0 Å². The Labute approximate surface area is 175 Å². The summed E-state index contributed by atoms with van der Waals surface area (Å²) in [7, 11) is 4.69. The van der Waals surface area contributed by atoms with Crippen molar-refractivity contribution in [3.8, 4) is 17.2 Å². The number of rotatable bonds is 8. The van der Waals surface area contributed by atoms with Crippen LogP contribution in [-0.2, 0) is 0 Å². The van der Waals surface area contributed by atoms with E-state index in [0.717, 1.165) is 11.3 Å². The highest BCUT2D eigenvalue weighted by Crippen LogP contribution is 2.31. The van der Waals surface area contributed by atoms with E-state index >= 15 is 0 Å².